The van der Waals surface area contributed by atoms with E-state index in [1.165, 1.54) is 31.4 Å². The number of carboxylic acid groups (broad SMARTS) is 1. The second-order valence-electron chi connectivity index (χ2n) is 5.51. The molecule has 0 unspecified atom stereocenters. The van der Waals surface area contributed by atoms with Crippen LogP contribution in [0.5, 0.6) is 5.75 Å². The lowest BCUT2D eigenvalue weighted by Gasteiger charge is -2.09. The zero-order valence-corrected chi connectivity index (χ0v) is 15.9. The number of nitrogens with zero attached hydrogens (tertiary/aromatic N) is 2. The molecule has 1 aromatic heterocycles. The van der Waals surface area contributed by atoms with Crippen LogP contribution < -0.4 is 4.74 Å². The lowest BCUT2D eigenvalue weighted by molar-refractivity contribution is -0.384. The molecule has 0 spiro atoms. The van der Waals surface area contributed by atoms with Crippen molar-refractivity contribution in [2.75, 3.05) is 13.7 Å². The number of nitro benzene ring substituents is 1. The van der Waals surface area contributed by atoms with Crippen molar-refractivity contribution in [1.82, 2.24) is 4.90 Å². The van der Waals surface area contributed by atoms with E-state index in [1.807, 2.05) is 0 Å². The van der Waals surface area contributed by atoms with E-state index in [0.29, 0.717) is 17.1 Å². The maximum Gasteiger partial charge on any atom is 0.323 e. The molecular formula is C17H12N2O7S2. The molecule has 144 valence electrons. The number of thiocarbonyl (C=S) groups is 1. The van der Waals surface area contributed by atoms with Crippen molar-refractivity contribution in [2.45, 2.75) is 0 Å². The van der Waals surface area contributed by atoms with Gasteiger partial charge in [0.25, 0.3) is 11.6 Å². The van der Waals surface area contributed by atoms with Gasteiger partial charge in [-0.15, -0.1) is 0 Å². The summed E-state index contributed by atoms with van der Waals surface area (Å²) in [6, 6.07) is 7.37. The van der Waals surface area contributed by atoms with Crippen LogP contribution in [0.4, 0.5) is 5.69 Å². The van der Waals surface area contributed by atoms with E-state index < -0.39 is 23.3 Å². The molecule has 3 rings (SSSR count). The number of rotatable bonds is 6. The van der Waals surface area contributed by atoms with Gasteiger partial charge < -0.3 is 14.3 Å². The van der Waals surface area contributed by atoms with Gasteiger partial charge >= 0.3 is 5.97 Å². The number of ether oxygens (including phenoxy) is 1. The number of carboxylic acids is 1. The number of hydrogen-bond donors (Lipinski definition) is 1. The second kappa shape index (κ2) is 7.82. The SMILES string of the molecule is COc1cc([N+](=O)[O-])ccc1-c1ccc(/C=C2/SC(=S)N(CC(=O)O)C2=O)o1. The highest BCUT2D eigenvalue weighted by Gasteiger charge is 2.33. The number of aliphatic carboxylic acids is 1. The van der Waals surface area contributed by atoms with Gasteiger partial charge in [-0.05, 0) is 18.2 Å². The summed E-state index contributed by atoms with van der Waals surface area (Å²) in [5.41, 5.74) is 0.390. The minimum Gasteiger partial charge on any atom is -0.496 e. The zero-order valence-electron chi connectivity index (χ0n) is 14.3. The highest BCUT2D eigenvalue weighted by atomic mass is 32.2. The Labute approximate surface area is 167 Å². The Morgan fingerprint density at radius 1 is 1.43 bits per heavy atom. The Balaban J connectivity index is 1.88. The molecule has 1 aliphatic heterocycles. The van der Waals surface area contributed by atoms with Gasteiger partial charge in [-0.1, -0.05) is 24.0 Å². The van der Waals surface area contributed by atoms with Crippen LogP contribution in [0.2, 0.25) is 0 Å². The van der Waals surface area contributed by atoms with Gasteiger partial charge in [0.05, 0.1) is 28.6 Å². The van der Waals surface area contributed by atoms with Gasteiger partial charge in [0.15, 0.2) is 0 Å². The first kappa shape index (κ1) is 19.6. The van der Waals surface area contributed by atoms with Gasteiger partial charge in [0.1, 0.15) is 28.1 Å². The van der Waals surface area contributed by atoms with Crippen LogP contribution in [0.3, 0.4) is 0 Å². The van der Waals surface area contributed by atoms with E-state index in [0.717, 1.165) is 16.7 Å². The van der Waals surface area contributed by atoms with Crippen molar-refractivity contribution in [3.05, 3.63) is 51.1 Å². The van der Waals surface area contributed by atoms with Crippen molar-refractivity contribution >= 4 is 51.9 Å². The van der Waals surface area contributed by atoms with Crippen molar-refractivity contribution in [3.63, 3.8) is 0 Å². The van der Waals surface area contributed by atoms with E-state index in [-0.39, 0.29) is 20.7 Å². The Bertz CT molecular complexity index is 1030. The van der Waals surface area contributed by atoms with E-state index in [2.05, 4.69) is 0 Å². The van der Waals surface area contributed by atoms with Crippen LogP contribution in [0, 0.1) is 10.1 Å². The predicted octanol–water partition coefficient (Wildman–Crippen LogP) is 3.15. The molecule has 28 heavy (non-hydrogen) atoms. The average Bonchev–Trinajstić information content (AvgIpc) is 3.21. The molecule has 1 N–H and O–H groups in total. The molecule has 1 saturated heterocycles. The first-order valence-electron chi connectivity index (χ1n) is 7.70. The quantitative estimate of drug-likeness (QED) is 0.325. The summed E-state index contributed by atoms with van der Waals surface area (Å²) in [4.78, 5) is 34.7. The van der Waals surface area contributed by atoms with Crippen LogP contribution >= 0.6 is 24.0 Å². The van der Waals surface area contributed by atoms with E-state index in [4.69, 9.17) is 26.5 Å². The third-order valence-electron chi connectivity index (χ3n) is 3.73. The molecule has 0 aliphatic carbocycles. The number of non-ortho nitro benzene ring substituents is 1. The van der Waals surface area contributed by atoms with Crippen LogP contribution in [-0.2, 0) is 9.59 Å². The third-order valence-corrected chi connectivity index (χ3v) is 5.11. The molecule has 9 nitrogen and oxygen atoms in total. The standard InChI is InChI=1S/C17H12N2O7S2/c1-25-13-6-9(19(23)24)2-4-11(13)12-5-3-10(26-12)7-14-16(22)18(8-15(20)21)17(27)28-14/h2-7H,8H2,1H3,(H,20,21)/b14-7+. The van der Waals surface area contributed by atoms with Crippen LogP contribution in [0.15, 0.2) is 39.7 Å². The highest BCUT2D eigenvalue weighted by Crippen LogP contribution is 2.36. The number of thioether (sulfide) groups is 1. The normalized spacial score (nSPS) is 15.3. The van der Waals surface area contributed by atoms with E-state index in [9.17, 15) is 19.7 Å². The first-order valence-corrected chi connectivity index (χ1v) is 8.92. The van der Waals surface area contributed by atoms with E-state index >= 15 is 0 Å². The number of benzene rings is 1. The van der Waals surface area contributed by atoms with Crippen LogP contribution in [0.25, 0.3) is 17.4 Å². The van der Waals surface area contributed by atoms with Crippen molar-refractivity contribution in [1.29, 1.82) is 0 Å². The van der Waals surface area contributed by atoms with Gasteiger partial charge in [-0.2, -0.15) is 0 Å². The number of carbonyl (C=O) groups excluding carboxylic acids is 1. The van der Waals surface area contributed by atoms with Crippen LogP contribution in [-0.4, -0.2) is 44.8 Å². The molecule has 1 aromatic carbocycles. The molecule has 0 atom stereocenters. The topological polar surface area (TPSA) is 123 Å². The average molecular weight is 420 g/mol. The van der Waals surface area contributed by atoms with Crippen molar-refractivity contribution in [2.24, 2.45) is 0 Å². The maximum absolute atomic E-state index is 12.3. The monoisotopic (exact) mass is 420 g/mol. The number of furan rings is 1. The van der Waals surface area contributed by atoms with Crippen LogP contribution in [0.1, 0.15) is 5.76 Å². The maximum atomic E-state index is 12.3. The minimum atomic E-state index is -1.16. The lowest BCUT2D eigenvalue weighted by atomic mass is 10.1. The number of amides is 1. The minimum absolute atomic E-state index is 0.116. The Kier molecular flexibility index (Phi) is 5.47. The fraction of sp³-hybridized carbons (Fsp3) is 0.118. The molecule has 2 heterocycles. The number of methoxy groups -OCH3 is 1. The summed E-state index contributed by atoms with van der Waals surface area (Å²) in [5.74, 6) is -0.681. The van der Waals surface area contributed by atoms with E-state index in [1.54, 1.807) is 12.1 Å². The van der Waals surface area contributed by atoms with Gasteiger partial charge in [0, 0.05) is 12.1 Å². The molecule has 11 heteroatoms. The molecular weight excluding hydrogens is 408 g/mol. The second-order valence-corrected chi connectivity index (χ2v) is 7.18. The Morgan fingerprint density at radius 3 is 2.82 bits per heavy atom. The summed E-state index contributed by atoms with van der Waals surface area (Å²) in [7, 11) is 1.39. The smallest absolute Gasteiger partial charge is 0.323 e. The predicted molar refractivity (Wildman–Crippen MR) is 105 cm³/mol. The van der Waals surface area contributed by atoms with Gasteiger partial charge in [-0.3, -0.25) is 24.6 Å². The fourth-order valence-electron chi connectivity index (χ4n) is 2.47. The van der Waals surface area contributed by atoms with Crippen molar-refractivity contribution in [3.8, 4) is 17.1 Å². The summed E-state index contributed by atoms with van der Waals surface area (Å²) < 4.78 is 11.1. The molecule has 1 aliphatic rings. The summed E-state index contributed by atoms with van der Waals surface area (Å²) in [6.07, 6.45) is 1.46. The van der Waals surface area contributed by atoms with Crippen molar-refractivity contribution < 1.29 is 28.8 Å². The summed E-state index contributed by atoms with van der Waals surface area (Å²) >= 11 is 6.02. The zero-order chi connectivity index (χ0) is 20.4. The molecule has 0 bridgehead atoms. The number of hydrogen-bond acceptors (Lipinski definition) is 8. The molecule has 2 aromatic rings. The van der Waals surface area contributed by atoms with Gasteiger partial charge in [-0.25, -0.2) is 0 Å². The molecule has 1 amide bonds. The number of nitro groups is 1. The van der Waals surface area contributed by atoms with Gasteiger partial charge in [0.2, 0.25) is 0 Å². The Morgan fingerprint density at radius 2 is 2.18 bits per heavy atom. The molecule has 0 saturated carbocycles. The molecule has 1 fully saturated rings. The third kappa shape index (κ3) is 3.89. The Hall–Kier alpha value is -3.18. The fourth-order valence-corrected chi connectivity index (χ4v) is 3.71. The molecule has 0 radical (unpaired) electrons. The summed E-state index contributed by atoms with van der Waals surface area (Å²) in [5, 5.41) is 19.8. The number of carbonyl (C=O) groups is 2. The first-order chi connectivity index (χ1) is 13.3. The largest absolute Gasteiger partial charge is 0.496 e. The summed E-state index contributed by atoms with van der Waals surface area (Å²) in [6.45, 7) is -0.509. The highest BCUT2D eigenvalue weighted by molar-refractivity contribution is 8.26. The lowest BCUT2D eigenvalue weighted by Crippen LogP contribution is -2.33.